The van der Waals surface area contributed by atoms with Crippen LogP contribution in [0.2, 0.25) is 0 Å². The molecule has 1 saturated heterocycles. The molecule has 2 rings (SSSR count). The van der Waals surface area contributed by atoms with Gasteiger partial charge in [-0.05, 0) is 38.3 Å². The third kappa shape index (κ3) is 5.75. The number of halogens is 1. The topological polar surface area (TPSA) is 63.0 Å². The first-order valence-corrected chi connectivity index (χ1v) is 9.35. The molecule has 2 heterocycles. The van der Waals surface area contributed by atoms with Gasteiger partial charge in [-0.3, -0.25) is 9.59 Å². The van der Waals surface area contributed by atoms with Crippen molar-refractivity contribution in [3.8, 4) is 0 Å². The highest BCUT2D eigenvalue weighted by atomic mass is 35.5. The maximum atomic E-state index is 12.9. The lowest BCUT2D eigenvalue weighted by atomic mass is 10.2. The molecule has 0 radical (unpaired) electrons. The fourth-order valence-corrected chi connectivity index (χ4v) is 3.07. The Morgan fingerprint density at radius 1 is 1.40 bits per heavy atom. The van der Waals surface area contributed by atoms with Crippen LogP contribution in [0.3, 0.4) is 0 Å². The molecule has 0 unspecified atom stereocenters. The molecule has 0 aliphatic carbocycles. The maximum Gasteiger partial charge on any atom is 0.242 e. The van der Waals surface area contributed by atoms with Gasteiger partial charge in [0.1, 0.15) is 18.2 Å². The molecule has 1 aromatic heterocycles. The van der Waals surface area contributed by atoms with Crippen molar-refractivity contribution in [3.05, 3.63) is 24.2 Å². The van der Waals surface area contributed by atoms with Crippen LogP contribution in [-0.2, 0) is 20.9 Å². The lowest BCUT2D eigenvalue weighted by Gasteiger charge is -2.31. The molecule has 2 atom stereocenters. The van der Waals surface area contributed by atoms with Crippen LogP contribution in [0, 0.1) is 0 Å². The van der Waals surface area contributed by atoms with Crippen molar-refractivity contribution in [2.45, 2.75) is 51.8 Å². The van der Waals surface area contributed by atoms with Crippen LogP contribution in [0.15, 0.2) is 22.8 Å². The zero-order valence-electron chi connectivity index (χ0n) is 14.9. The third-order valence-corrected chi connectivity index (χ3v) is 4.82. The highest BCUT2D eigenvalue weighted by molar-refractivity contribution is 6.27. The average Bonchev–Trinajstić information content (AvgIpc) is 3.31. The van der Waals surface area contributed by atoms with Gasteiger partial charge in [-0.25, -0.2) is 0 Å². The fraction of sp³-hybridized carbons (Fsp3) is 0.667. The number of alkyl halides is 1. The molecule has 0 aromatic carbocycles. The van der Waals surface area contributed by atoms with Gasteiger partial charge in [0.25, 0.3) is 0 Å². The Labute approximate surface area is 154 Å². The van der Waals surface area contributed by atoms with Gasteiger partial charge < -0.3 is 19.0 Å². The molecule has 1 fully saturated rings. The number of nitrogens with zero attached hydrogens (tertiary/aromatic N) is 2. The van der Waals surface area contributed by atoms with Crippen molar-refractivity contribution in [2.24, 2.45) is 0 Å². The molecular formula is C18H27ClN2O4. The van der Waals surface area contributed by atoms with Gasteiger partial charge >= 0.3 is 0 Å². The van der Waals surface area contributed by atoms with E-state index in [1.54, 1.807) is 22.1 Å². The number of amides is 2. The molecule has 1 aromatic rings. The van der Waals surface area contributed by atoms with Crippen LogP contribution in [0.25, 0.3) is 0 Å². The van der Waals surface area contributed by atoms with Gasteiger partial charge in [0.2, 0.25) is 11.8 Å². The summed E-state index contributed by atoms with van der Waals surface area (Å²) in [4.78, 5) is 28.3. The Balaban J connectivity index is 2.07. The molecule has 2 amide bonds. The minimum atomic E-state index is -0.223. The van der Waals surface area contributed by atoms with Gasteiger partial charge in [0, 0.05) is 19.2 Å². The van der Waals surface area contributed by atoms with Gasteiger partial charge in [0.05, 0.1) is 18.9 Å². The van der Waals surface area contributed by atoms with E-state index in [1.165, 1.54) is 0 Å². The number of hydrogen-bond donors (Lipinski definition) is 0. The van der Waals surface area contributed by atoms with E-state index < -0.39 is 0 Å². The summed E-state index contributed by atoms with van der Waals surface area (Å²) in [5, 5.41) is 0. The van der Waals surface area contributed by atoms with E-state index in [4.69, 9.17) is 20.8 Å². The zero-order valence-corrected chi connectivity index (χ0v) is 15.7. The minimum Gasteiger partial charge on any atom is -0.467 e. The number of furan rings is 1. The fourth-order valence-electron chi connectivity index (χ4n) is 2.91. The number of rotatable bonds is 9. The molecule has 1 aliphatic rings. The molecule has 0 spiro atoms. The second kappa shape index (κ2) is 9.82. The molecular weight excluding hydrogens is 344 g/mol. The van der Waals surface area contributed by atoms with Crippen LogP contribution in [-0.4, -0.2) is 59.3 Å². The quantitative estimate of drug-likeness (QED) is 0.627. The molecule has 1 aliphatic heterocycles. The van der Waals surface area contributed by atoms with Crippen molar-refractivity contribution in [1.82, 2.24) is 9.80 Å². The first kappa shape index (κ1) is 19.8. The normalized spacial score (nSPS) is 18.1. The van der Waals surface area contributed by atoms with Gasteiger partial charge in [-0.15, -0.1) is 11.6 Å². The molecule has 7 heteroatoms. The van der Waals surface area contributed by atoms with Crippen molar-refractivity contribution in [2.75, 3.05) is 25.6 Å². The van der Waals surface area contributed by atoms with E-state index in [0.29, 0.717) is 18.8 Å². The Kier molecular flexibility index (Phi) is 7.78. The van der Waals surface area contributed by atoms with Crippen molar-refractivity contribution in [1.29, 1.82) is 0 Å². The lowest BCUT2D eigenvalue weighted by Crippen LogP contribution is -2.48. The van der Waals surface area contributed by atoms with E-state index in [-0.39, 0.29) is 36.4 Å². The number of ether oxygens (including phenoxy) is 1. The highest BCUT2D eigenvalue weighted by Crippen LogP contribution is 2.16. The first-order valence-electron chi connectivity index (χ1n) is 8.82. The van der Waals surface area contributed by atoms with E-state index in [1.807, 2.05) is 19.9 Å². The van der Waals surface area contributed by atoms with Crippen LogP contribution < -0.4 is 0 Å². The van der Waals surface area contributed by atoms with Crippen LogP contribution in [0.5, 0.6) is 0 Å². The summed E-state index contributed by atoms with van der Waals surface area (Å²) < 4.78 is 11.1. The summed E-state index contributed by atoms with van der Waals surface area (Å²) in [6.45, 7) is 5.54. The van der Waals surface area contributed by atoms with Crippen LogP contribution >= 0.6 is 11.6 Å². The Morgan fingerprint density at radius 2 is 2.20 bits per heavy atom. The van der Waals surface area contributed by atoms with E-state index >= 15 is 0 Å². The summed E-state index contributed by atoms with van der Waals surface area (Å²) in [6.07, 6.45) is 4.35. The van der Waals surface area contributed by atoms with Crippen molar-refractivity contribution >= 4 is 23.4 Å². The Hall–Kier alpha value is -1.53. The zero-order chi connectivity index (χ0) is 18.2. The molecule has 25 heavy (non-hydrogen) atoms. The second-order valence-electron chi connectivity index (χ2n) is 6.40. The van der Waals surface area contributed by atoms with Crippen molar-refractivity contribution in [3.63, 3.8) is 0 Å². The lowest BCUT2D eigenvalue weighted by molar-refractivity contribution is -0.142. The predicted molar refractivity (Wildman–Crippen MR) is 95.3 cm³/mol. The largest absolute Gasteiger partial charge is 0.467 e. The number of hydrogen-bond acceptors (Lipinski definition) is 4. The van der Waals surface area contributed by atoms with Crippen LogP contribution in [0.4, 0.5) is 0 Å². The smallest absolute Gasteiger partial charge is 0.242 e. The SMILES string of the molecule is CC[C@H](C)N(CC(=O)N(Cc1ccco1)C[C@@H]1CCCO1)C(=O)CCl. The molecule has 0 bridgehead atoms. The molecule has 140 valence electrons. The third-order valence-electron chi connectivity index (χ3n) is 4.59. The van der Waals surface area contributed by atoms with Gasteiger partial charge in [0.15, 0.2) is 0 Å². The van der Waals surface area contributed by atoms with Crippen LogP contribution in [0.1, 0.15) is 38.9 Å². The number of carbonyl (C=O) groups is 2. The molecule has 0 saturated carbocycles. The summed E-state index contributed by atoms with van der Waals surface area (Å²) >= 11 is 5.71. The predicted octanol–water partition coefficient (Wildman–Crippen LogP) is 2.65. The maximum absolute atomic E-state index is 12.9. The monoisotopic (exact) mass is 370 g/mol. The summed E-state index contributed by atoms with van der Waals surface area (Å²) in [5.74, 6) is 0.247. The van der Waals surface area contributed by atoms with E-state index in [9.17, 15) is 9.59 Å². The second-order valence-corrected chi connectivity index (χ2v) is 6.67. The Morgan fingerprint density at radius 3 is 2.76 bits per heavy atom. The van der Waals surface area contributed by atoms with Crippen molar-refractivity contribution < 1.29 is 18.7 Å². The standard InChI is InChI=1S/C18H27ClN2O4/c1-3-14(2)21(17(22)10-19)13-18(23)20(11-15-6-4-8-24-15)12-16-7-5-9-25-16/h4,6,8,14,16H,3,5,7,9-13H2,1-2H3/t14-,16-/m0/s1. The van der Waals surface area contributed by atoms with Gasteiger partial charge in [-0.1, -0.05) is 6.92 Å². The van der Waals surface area contributed by atoms with E-state index in [0.717, 1.165) is 25.9 Å². The summed E-state index contributed by atoms with van der Waals surface area (Å²) in [5.41, 5.74) is 0. The minimum absolute atomic E-state index is 0.0218. The highest BCUT2D eigenvalue weighted by Gasteiger charge is 2.27. The Bertz CT molecular complexity index is 543. The first-order chi connectivity index (χ1) is 12.0. The molecule has 0 N–H and O–H groups in total. The average molecular weight is 371 g/mol. The summed E-state index contributed by atoms with van der Waals surface area (Å²) in [7, 11) is 0. The number of carbonyl (C=O) groups excluding carboxylic acids is 2. The van der Waals surface area contributed by atoms with Gasteiger partial charge in [-0.2, -0.15) is 0 Å². The van der Waals surface area contributed by atoms with E-state index in [2.05, 4.69) is 0 Å². The molecule has 6 nitrogen and oxygen atoms in total. The summed E-state index contributed by atoms with van der Waals surface area (Å²) in [6, 6.07) is 3.60.